The van der Waals surface area contributed by atoms with E-state index in [0.717, 1.165) is 27.5 Å². The highest BCUT2D eigenvalue weighted by molar-refractivity contribution is 6.30. The summed E-state index contributed by atoms with van der Waals surface area (Å²) in [6, 6.07) is 14.1. The van der Waals surface area contributed by atoms with Gasteiger partial charge in [-0.3, -0.25) is 0 Å². The van der Waals surface area contributed by atoms with Gasteiger partial charge in [-0.15, -0.1) is 0 Å². The lowest BCUT2D eigenvalue weighted by Gasteiger charge is -2.24. The molecule has 0 spiro atoms. The minimum atomic E-state index is -0.0683. The highest BCUT2D eigenvalue weighted by Gasteiger charge is 2.20. The second-order valence-electron chi connectivity index (χ2n) is 8.40. The van der Waals surface area contributed by atoms with Crippen molar-refractivity contribution in [2.75, 3.05) is 24.7 Å². The maximum atomic E-state index is 6.11. The van der Waals surface area contributed by atoms with E-state index in [9.17, 15) is 0 Å². The zero-order valence-corrected chi connectivity index (χ0v) is 19.7. The molecule has 0 amide bonds. The summed E-state index contributed by atoms with van der Waals surface area (Å²) >= 11 is 6.02. The molecule has 0 unspecified atom stereocenters. The van der Waals surface area contributed by atoms with E-state index in [4.69, 9.17) is 32.5 Å². The molecule has 7 nitrogen and oxygen atoms in total. The lowest BCUT2D eigenvalue weighted by atomic mass is 9.84. The molecule has 1 aromatic heterocycles. The first-order chi connectivity index (χ1) is 14.6. The predicted octanol–water partition coefficient (Wildman–Crippen LogP) is 4.59. The Morgan fingerprint density at radius 1 is 0.906 bits per heavy atom. The summed E-state index contributed by atoms with van der Waals surface area (Å²) in [6.07, 6.45) is 0.686. The summed E-state index contributed by atoms with van der Waals surface area (Å²) < 4.78 is 11.9. The van der Waals surface area contributed by atoms with Crippen LogP contribution in [0.4, 0.5) is 11.8 Å². The summed E-state index contributed by atoms with van der Waals surface area (Å²) in [7, 11) is 0. The van der Waals surface area contributed by atoms with Crippen LogP contribution in [0.5, 0.6) is 11.5 Å². The van der Waals surface area contributed by atoms with Gasteiger partial charge < -0.3 is 26.4 Å². The number of halogens is 1. The van der Waals surface area contributed by atoms with Crippen LogP contribution in [-0.4, -0.2) is 28.7 Å². The van der Waals surface area contributed by atoms with Gasteiger partial charge >= 0.3 is 0 Å². The van der Waals surface area contributed by atoms with E-state index >= 15 is 0 Å². The van der Waals surface area contributed by atoms with Gasteiger partial charge in [0.25, 0.3) is 0 Å². The quantitative estimate of drug-likeness (QED) is 0.498. The van der Waals surface area contributed by atoms with Crippen molar-refractivity contribution in [1.29, 1.82) is 0 Å². The van der Waals surface area contributed by atoms with E-state index in [0.29, 0.717) is 31.1 Å². The Kier molecular flexibility index (Phi) is 8.30. The number of hydrogen-bond donors (Lipinski definition) is 2. The fourth-order valence-corrected chi connectivity index (χ4v) is 3.39. The first-order valence-corrected chi connectivity index (χ1v) is 10.6. The Morgan fingerprint density at radius 3 is 2.16 bits per heavy atom. The van der Waals surface area contributed by atoms with Crippen molar-refractivity contribution in [3.63, 3.8) is 0 Å². The van der Waals surface area contributed by atoms with E-state index in [2.05, 4.69) is 42.9 Å². The Bertz CT molecular complexity index is 1030. The summed E-state index contributed by atoms with van der Waals surface area (Å²) in [4.78, 5) is 8.02. The van der Waals surface area contributed by atoms with Crippen LogP contribution in [0, 0.1) is 6.92 Å². The smallest absolute Gasteiger partial charge is 0.222 e. The van der Waals surface area contributed by atoms with Crippen LogP contribution in [0.15, 0.2) is 42.5 Å². The standard InChI is InChI=1S/C24H29ClN4O2.H2O/c1-15-21(22(26)29-23(27)28-15)31-13-5-12-30-20-11-8-17(14-19(20)24(2,3)4)16-6-9-18(25)10-7-16;/h6-11,14H,5,12-13H2,1-4H3,(H4,26,27,28,29);1H2. The van der Waals surface area contributed by atoms with Gasteiger partial charge in [0.1, 0.15) is 5.75 Å². The number of rotatable bonds is 7. The highest BCUT2D eigenvalue weighted by Crippen LogP contribution is 2.35. The van der Waals surface area contributed by atoms with Crippen LogP contribution in [0.3, 0.4) is 0 Å². The van der Waals surface area contributed by atoms with Gasteiger partial charge in [0.05, 0.1) is 18.9 Å². The maximum Gasteiger partial charge on any atom is 0.222 e. The van der Waals surface area contributed by atoms with Gasteiger partial charge in [0.2, 0.25) is 5.95 Å². The second kappa shape index (κ2) is 10.5. The van der Waals surface area contributed by atoms with Crippen LogP contribution in [0.25, 0.3) is 11.1 Å². The molecule has 0 saturated carbocycles. The predicted molar refractivity (Wildman–Crippen MR) is 130 cm³/mol. The van der Waals surface area contributed by atoms with Gasteiger partial charge in [0, 0.05) is 17.0 Å². The Labute approximate surface area is 194 Å². The van der Waals surface area contributed by atoms with Gasteiger partial charge in [-0.25, -0.2) is 4.98 Å². The third-order valence-corrected chi connectivity index (χ3v) is 5.09. The van der Waals surface area contributed by atoms with E-state index in [-0.39, 0.29) is 22.7 Å². The summed E-state index contributed by atoms with van der Waals surface area (Å²) in [5, 5.41) is 0.726. The number of nitrogen functional groups attached to an aromatic ring is 2. The second-order valence-corrected chi connectivity index (χ2v) is 8.84. The Balaban J connectivity index is 0.00000363. The topological polar surface area (TPSA) is 128 Å². The number of anilines is 2. The summed E-state index contributed by atoms with van der Waals surface area (Å²) in [6.45, 7) is 9.27. The molecule has 0 fully saturated rings. The molecular formula is C24H31ClN4O3. The Hall–Kier alpha value is -3.03. The molecule has 3 rings (SSSR count). The average Bonchev–Trinajstić information content (AvgIpc) is 2.69. The molecule has 0 aliphatic heterocycles. The van der Waals surface area contributed by atoms with Crippen LogP contribution >= 0.6 is 11.6 Å². The van der Waals surface area contributed by atoms with Crippen molar-refractivity contribution in [3.05, 3.63) is 58.7 Å². The number of nitrogens with zero attached hydrogens (tertiary/aromatic N) is 2. The minimum absolute atomic E-state index is 0. The molecule has 0 radical (unpaired) electrons. The normalized spacial score (nSPS) is 11.0. The van der Waals surface area contributed by atoms with E-state index in [1.165, 1.54) is 0 Å². The molecule has 1 heterocycles. The number of hydrogen-bond acceptors (Lipinski definition) is 6. The molecule has 32 heavy (non-hydrogen) atoms. The third-order valence-electron chi connectivity index (χ3n) is 4.84. The van der Waals surface area contributed by atoms with Crippen molar-refractivity contribution in [2.45, 2.75) is 39.5 Å². The fourth-order valence-electron chi connectivity index (χ4n) is 3.26. The molecule has 0 aliphatic rings. The maximum absolute atomic E-state index is 6.11. The largest absolute Gasteiger partial charge is 0.493 e. The molecule has 0 bridgehead atoms. The zero-order valence-electron chi connectivity index (χ0n) is 18.9. The molecule has 0 atom stereocenters. The minimum Gasteiger partial charge on any atom is -0.493 e. The molecule has 8 heteroatoms. The van der Waals surface area contributed by atoms with Crippen molar-refractivity contribution in [1.82, 2.24) is 9.97 Å². The van der Waals surface area contributed by atoms with Crippen LogP contribution in [0.2, 0.25) is 5.02 Å². The highest BCUT2D eigenvalue weighted by atomic mass is 35.5. The van der Waals surface area contributed by atoms with E-state index in [1.54, 1.807) is 6.92 Å². The van der Waals surface area contributed by atoms with Crippen LogP contribution in [-0.2, 0) is 5.41 Å². The monoisotopic (exact) mass is 458 g/mol. The summed E-state index contributed by atoms with van der Waals surface area (Å²) in [5.41, 5.74) is 15.4. The number of ether oxygens (including phenoxy) is 2. The first-order valence-electron chi connectivity index (χ1n) is 10.2. The molecule has 2 aromatic carbocycles. The average molecular weight is 459 g/mol. The number of aromatic nitrogens is 2. The van der Waals surface area contributed by atoms with Crippen LogP contribution < -0.4 is 20.9 Å². The Morgan fingerprint density at radius 2 is 1.53 bits per heavy atom. The lowest BCUT2D eigenvalue weighted by Crippen LogP contribution is -2.15. The third kappa shape index (κ3) is 6.24. The van der Waals surface area contributed by atoms with Crippen LogP contribution in [0.1, 0.15) is 38.4 Å². The molecule has 0 aliphatic carbocycles. The molecule has 3 aromatic rings. The molecule has 0 saturated heterocycles. The van der Waals surface area contributed by atoms with Crippen molar-refractivity contribution >= 4 is 23.4 Å². The first kappa shape index (κ1) is 25.2. The van der Waals surface area contributed by atoms with Gasteiger partial charge in [-0.1, -0.05) is 50.6 Å². The van der Waals surface area contributed by atoms with Crippen molar-refractivity contribution in [3.8, 4) is 22.6 Å². The van der Waals surface area contributed by atoms with Crippen molar-refractivity contribution in [2.24, 2.45) is 0 Å². The SMILES string of the molecule is Cc1nc(N)nc(N)c1OCCCOc1ccc(-c2ccc(Cl)cc2)cc1C(C)(C)C.O. The van der Waals surface area contributed by atoms with Gasteiger partial charge in [-0.05, 0) is 47.7 Å². The number of benzene rings is 2. The molecule has 172 valence electrons. The van der Waals surface area contributed by atoms with E-state index < -0.39 is 0 Å². The van der Waals surface area contributed by atoms with Gasteiger partial charge in [-0.2, -0.15) is 4.98 Å². The lowest BCUT2D eigenvalue weighted by molar-refractivity contribution is 0.243. The van der Waals surface area contributed by atoms with E-state index in [1.807, 2.05) is 30.3 Å². The molecular weight excluding hydrogens is 428 g/mol. The zero-order chi connectivity index (χ0) is 22.6. The van der Waals surface area contributed by atoms with Gasteiger partial charge in [0.15, 0.2) is 11.6 Å². The summed E-state index contributed by atoms with van der Waals surface area (Å²) in [5.74, 6) is 1.73. The molecule has 6 N–H and O–H groups in total. The van der Waals surface area contributed by atoms with Crippen molar-refractivity contribution < 1.29 is 14.9 Å². The number of aryl methyl sites for hydroxylation is 1. The fraction of sp³-hybridized carbons (Fsp3) is 0.333. The number of nitrogens with two attached hydrogens (primary N) is 2.